The Bertz CT molecular complexity index is 338. The van der Waals surface area contributed by atoms with E-state index < -0.39 is 0 Å². The molecule has 1 aliphatic carbocycles. The Balaban J connectivity index is 1.86. The number of aromatic nitrogens is 1. The number of rotatable bonds is 5. The molecule has 0 spiro atoms. The molecule has 1 fully saturated rings. The zero-order valence-electron chi connectivity index (χ0n) is 10.1. The maximum Gasteiger partial charge on any atom is 0.110 e. The van der Waals surface area contributed by atoms with Crippen molar-refractivity contribution in [3.8, 4) is 0 Å². The zero-order chi connectivity index (χ0) is 11.6. The quantitative estimate of drug-likeness (QED) is 0.828. The van der Waals surface area contributed by atoms with Crippen molar-refractivity contribution in [3.63, 3.8) is 0 Å². The van der Waals surface area contributed by atoms with E-state index in [1.807, 2.05) is 6.92 Å². The van der Waals surface area contributed by atoms with E-state index in [1.54, 1.807) is 11.3 Å². The smallest absolute Gasteiger partial charge is 0.110 e. The van der Waals surface area contributed by atoms with E-state index in [0.717, 1.165) is 18.8 Å². The summed E-state index contributed by atoms with van der Waals surface area (Å²) in [4.78, 5) is 4.51. The van der Waals surface area contributed by atoms with Crippen molar-refractivity contribution >= 4 is 11.3 Å². The van der Waals surface area contributed by atoms with Crippen LogP contribution in [0.2, 0.25) is 0 Å². The van der Waals surface area contributed by atoms with Gasteiger partial charge in [0.2, 0.25) is 0 Å². The summed E-state index contributed by atoms with van der Waals surface area (Å²) in [5.74, 6) is 0. The Labute approximate surface area is 101 Å². The molecule has 3 nitrogen and oxygen atoms in total. The van der Waals surface area contributed by atoms with E-state index in [0.29, 0.717) is 11.5 Å². The van der Waals surface area contributed by atoms with Gasteiger partial charge in [-0.25, -0.2) is 4.98 Å². The minimum absolute atomic E-state index is 0.350. The first kappa shape index (κ1) is 12.0. The van der Waals surface area contributed by atoms with Crippen LogP contribution in [0.4, 0.5) is 0 Å². The molecule has 90 valence electrons. The Morgan fingerprint density at radius 2 is 2.38 bits per heavy atom. The summed E-state index contributed by atoms with van der Waals surface area (Å²) in [6.45, 7) is 6.06. The van der Waals surface area contributed by atoms with Crippen LogP contribution in [0.25, 0.3) is 0 Å². The molecule has 2 rings (SSSR count). The molecule has 1 aliphatic rings. The van der Waals surface area contributed by atoms with Crippen LogP contribution in [0.5, 0.6) is 0 Å². The number of nitrogens with one attached hydrogen (secondary N) is 1. The fraction of sp³-hybridized carbons (Fsp3) is 0.750. The third-order valence-electron chi connectivity index (χ3n) is 3.64. The number of thiazole rings is 1. The van der Waals surface area contributed by atoms with Gasteiger partial charge in [0.25, 0.3) is 0 Å². The van der Waals surface area contributed by atoms with E-state index in [9.17, 15) is 0 Å². The summed E-state index contributed by atoms with van der Waals surface area (Å²) < 4.78 is 0. The van der Waals surface area contributed by atoms with Crippen molar-refractivity contribution in [2.75, 3.05) is 13.1 Å². The fourth-order valence-corrected chi connectivity index (χ4v) is 2.99. The van der Waals surface area contributed by atoms with Gasteiger partial charge in [0.1, 0.15) is 5.01 Å². The van der Waals surface area contributed by atoms with Gasteiger partial charge >= 0.3 is 0 Å². The number of hydrogen-bond acceptors (Lipinski definition) is 4. The van der Waals surface area contributed by atoms with Crippen molar-refractivity contribution < 1.29 is 0 Å². The first-order chi connectivity index (χ1) is 7.65. The molecule has 1 atom stereocenters. The lowest BCUT2D eigenvalue weighted by Gasteiger charge is -2.41. The average Bonchev–Trinajstić information content (AvgIpc) is 2.64. The predicted octanol–water partition coefficient (Wildman–Crippen LogP) is 2.23. The first-order valence-corrected chi connectivity index (χ1v) is 6.89. The Morgan fingerprint density at radius 1 is 1.62 bits per heavy atom. The summed E-state index contributed by atoms with van der Waals surface area (Å²) in [7, 11) is 0. The Morgan fingerprint density at radius 3 is 2.81 bits per heavy atom. The van der Waals surface area contributed by atoms with Crippen LogP contribution in [-0.2, 0) is 0 Å². The van der Waals surface area contributed by atoms with Gasteiger partial charge in [0, 0.05) is 17.6 Å². The molecule has 0 aromatic carbocycles. The largest absolute Gasteiger partial charge is 0.330 e. The van der Waals surface area contributed by atoms with Gasteiger partial charge in [0.15, 0.2) is 0 Å². The molecule has 0 saturated heterocycles. The van der Waals surface area contributed by atoms with Crippen LogP contribution >= 0.6 is 11.3 Å². The molecule has 0 radical (unpaired) electrons. The second-order valence-electron chi connectivity index (χ2n) is 4.99. The van der Waals surface area contributed by atoms with Crippen molar-refractivity contribution in [2.24, 2.45) is 11.1 Å². The maximum atomic E-state index is 5.84. The second-order valence-corrected chi connectivity index (χ2v) is 5.88. The highest BCUT2D eigenvalue weighted by molar-refractivity contribution is 7.09. The van der Waals surface area contributed by atoms with E-state index in [1.165, 1.54) is 24.3 Å². The molecule has 1 aromatic heterocycles. The van der Waals surface area contributed by atoms with Gasteiger partial charge in [-0.3, -0.25) is 0 Å². The molecule has 1 unspecified atom stereocenters. The molecule has 1 heterocycles. The molecule has 16 heavy (non-hydrogen) atoms. The lowest BCUT2D eigenvalue weighted by atomic mass is 9.69. The summed E-state index contributed by atoms with van der Waals surface area (Å²) in [5.41, 5.74) is 7.34. The molecular weight excluding hydrogens is 218 g/mol. The monoisotopic (exact) mass is 239 g/mol. The lowest BCUT2D eigenvalue weighted by Crippen LogP contribution is -2.45. The molecule has 0 aliphatic heterocycles. The van der Waals surface area contributed by atoms with Gasteiger partial charge in [-0.05, 0) is 38.6 Å². The summed E-state index contributed by atoms with van der Waals surface area (Å²) in [6, 6.07) is 0.350. The van der Waals surface area contributed by atoms with Crippen LogP contribution in [-0.4, -0.2) is 18.1 Å². The first-order valence-electron chi connectivity index (χ1n) is 6.01. The molecule has 1 saturated carbocycles. The molecule has 4 heteroatoms. The van der Waals surface area contributed by atoms with Gasteiger partial charge < -0.3 is 11.1 Å². The molecule has 3 N–H and O–H groups in total. The van der Waals surface area contributed by atoms with Gasteiger partial charge in [-0.15, -0.1) is 11.3 Å². The molecule has 1 aromatic rings. The molecule has 0 amide bonds. The van der Waals surface area contributed by atoms with Crippen molar-refractivity contribution in [3.05, 3.63) is 16.1 Å². The molecule has 0 bridgehead atoms. The van der Waals surface area contributed by atoms with Crippen molar-refractivity contribution in [1.82, 2.24) is 10.3 Å². The van der Waals surface area contributed by atoms with E-state index in [2.05, 4.69) is 22.6 Å². The summed E-state index contributed by atoms with van der Waals surface area (Å²) in [5, 5.41) is 6.86. The molecular formula is C12H21N3S. The zero-order valence-corrected chi connectivity index (χ0v) is 10.9. The second kappa shape index (κ2) is 4.82. The van der Waals surface area contributed by atoms with E-state index >= 15 is 0 Å². The minimum Gasteiger partial charge on any atom is -0.330 e. The van der Waals surface area contributed by atoms with Crippen molar-refractivity contribution in [1.29, 1.82) is 0 Å². The van der Waals surface area contributed by atoms with Crippen LogP contribution in [0, 0.1) is 12.3 Å². The number of aryl methyl sites for hydroxylation is 1. The maximum absolute atomic E-state index is 5.84. The Hall–Kier alpha value is -0.450. The highest BCUT2D eigenvalue weighted by Gasteiger charge is 2.35. The summed E-state index contributed by atoms with van der Waals surface area (Å²) in [6.07, 6.45) is 3.89. The fourth-order valence-electron chi connectivity index (χ4n) is 2.16. The van der Waals surface area contributed by atoms with E-state index in [4.69, 9.17) is 5.73 Å². The highest BCUT2D eigenvalue weighted by atomic mass is 32.1. The topological polar surface area (TPSA) is 50.9 Å². The normalized spacial score (nSPS) is 20.4. The third-order valence-corrected chi connectivity index (χ3v) is 4.78. The van der Waals surface area contributed by atoms with Crippen molar-refractivity contribution in [2.45, 2.75) is 39.2 Å². The number of hydrogen-bond donors (Lipinski definition) is 2. The predicted molar refractivity (Wildman–Crippen MR) is 68.6 cm³/mol. The van der Waals surface area contributed by atoms with Gasteiger partial charge in [0.05, 0.1) is 6.04 Å². The standard InChI is InChI=1S/C12H21N3S/c1-9-6-16-11(15-9)10(2)14-8-12(7-13)4-3-5-12/h6,10,14H,3-5,7-8,13H2,1-2H3. The number of nitrogens with two attached hydrogens (primary N) is 1. The van der Waals surface area contributed by atoms with Gasteiger partial charge in [-0.1, -0.05) is 6.42 Å². The van der Waals surface area contributed by atoms with E-state index in [-0.39, 0.29) is 0 Å². The van der Waals surface area contributed by atoms with Crippen LogP contribution in [0.15, 0.2) is 5.38 Å². The summed E-state index contributed by atoms with van der Waals surface area (Å²) >= 11 is 1.74. The number of nitrogens with zero attached hydrogens (tertiary/aromatic N) is 1. The lowest BCUT2D eigenvalue weighted by molar-refractivity contribution is 0.136. The average molecular weight is 239 g/mol. The van der Waals surface area contributed by atoms with Crippen LogP contribution < -0.4 is 11.1 Å². The van der Waals surface area contributed by atoms with Crippen LogP contribution in [0.3, 0.4) is 0 Å². The highest BCUT2D eigenvalue weighted by Crippen LogP contribution is 2.39. The van der Waals surface area contributed by atoms with Gasteiger partial charge in [-0.2, -0.15) is 0 Å². The minimum atomic E-state index is 0.350. The Kier molecular flexibility index (Phi) is 3.62. The SMILES string of the molecule is Cc1csc(C(C)NCC2(CN)CCC2)n1. The van der Waals surface area contributed by atoms with Crippen LogP contribution in [0.1, 0.15) is 42.9 Å². The third kappa shape index (κ3) is 2.44.